The van der Waals surface area contributed by atoms with Crippen molar-refractivity contribution in [3.63, 3.8) is 0 Å². The van der Waals surface area contributed by atoms with Crippen molar-refractivity contribution < 1.29 is 0 Å². The van der Waals surface area contributed by atoms with Gasteiger partial charge in [0.25, 0.3) is 0 Å². The predicted molar refractivity (Wildman–Crippen MR) is 84.7 cm³/mol. The fourth-order valence-electron chi connectivity index (χ4n) is 4.76. The summed E-state index contributed by atoms with van der Waals surface area (Å²) < 4.78 is 0. The Balaban J connectivity index is 1.63. The molecule has 3 nitrogen and oxygen atoms in total. The third-order valence-corrected chi connectivity index (χ3v) is 6.49. The van der Waals surface area contributed by atoms with Crippen molar-refractivity contribution in [2.24, 2.45) is 17.6 Å². The Bertz CT molecular complexity index is 328. The minimum Gasteiger partial charge on any atom is -0.329 e. The molecule has 116 valence electrons. The molecule has 2 saturated carbocycles. The van der Waals surface area contributed by atoms with Crippen LogP contribution in [-0.2, 0) is 0 Å². The minimum absolute atomic E-state index is 0.301. The molecule has 1 saturated heterocycles. The van der Waals surface area contributed by atoms with Crippen LogP contribution in [0.2, 0.25) is 0 Å². The number of hydrogen-bond donors (Lipinski definition) is 1. The molecule has 3 aliphatic rings. The normalized spacial score (nSPS) is 39.6. The summed E-state index contributed by atoms with van der Waals surface area (Å²) in [7, 11) is 4.63. The average Bonchev–Trinajstić information content (AvgIpc) is 3.24. The topological polar surface area (TPSA) is 32.5 Å². The molecule has 3 heteroatoms. The van der Waals surface area contributed by atoms with Gasteiger partial charge < -0.3 is 10.6 Å². The van der Waals surface area contributed by atoms with E-state index in [0.29, 0.717) is 5.54 Å². The van der Waals surface area contributed by atoms with Gasteiger partial charge in [-0.2, -0.15) is 0 Å². The lowest BCUT2D eigenvalue weighted by atomic mass is 9.73. The van der Waals surface area contributed by atoms with E-state index in [9.17, 15) is 0 Å². The third kappa shape index (κ3) is 2.90. The highest BCUT2D eigenvalue weighted by molar-refractivity contribution is 5.00. The zero-order chi connectivity index (χ0) is 14.2. The van der Waals surface area contributed by atoms with Gasteiger partial charge in [-0.05, 0) is 71.0 Å². The number of nitrogens with zero attached hydrogens (tertiary/aromatic N) is 2. The maximum absolute atomic E-state index is 6.28. The summed E-state index contributed by atoms with van der Waals surface area (Å²) in [5, 5.41) is 0. The van der Waals surface area contributed by atoms with Crippen molar-refractivity contribution in [2.45, 2.75) is 62.9 Å². The Morgan fingerprint density at radius 2 is 1.95 bits per heavy atom. The molecule has 2 aliphatic carbocycles. The molecule has 3 atom stereocenters. The van der Waals surface area contributed by atoms with Crippen LogP contribution in [-0.4, -0.2) is 55.1 Å². The molecular weight excluding hydrogens is 246 g/mol. The SMILES string of the molecule is CN1CCCC1CN(C)C1(CN)CCCC(C2CC2)C1. The molecule has 0 aromatic carbocycles. The number of likely N-dealkylation sites (tertiary alicyclic amines) is 1. The second-order valence-electron chi connectivity index (χ2n) is 7.78. The first-order valence-corrected chi connectivity index (χ1v) is 8.76. The molecule has 0 amide bonds. The van der Waals surface area contributed by atoms with Crippen molar-refractivity contribution in [2.75, 3.05) is 33.7 Å². The van der Waals surface area contributed by atoms with Gasteiger partial charge in [0.05, 0.1) is 0 Å². The van der Waals surface area contributed by atoms with Gasteiger partial charge in [-0.1, -0.05) is 12.8 Å². The molecule has 2 N–H and O–H groups in total. The van der Waals surface area contributed by atoms with Crippen molar-refractivity contribution in [3.8, 4) is 0 Å². The quantitative estimate of drug-likeness (QED) is 0.838. The monoisotopic (exact) mass is 279 g/mol. The summed E-state index contributed by atoms with van der Waals surface area (Å²) in [6.45, 7) is 3.34. The van der Waals surface area contributed by atoms with Crippen LogP contribution >= 0.6 is 0 Å². The fourth-order valence-corrected chi connectivity index (χ4v) is 4.76. The lowest BCUT2D eigenvalue weighted by Gasteiger charge is -2.48. The average molecular weight is 279 g/mol. The molecular formula is C17H33N3. The molecule has 3 unspecified atom stereocenters. The van der Waals surface area contributed by atoms with E-state index in [4.69, 9.17) is 5.73 Å². The predicted octanol–water partition coefficient (Wildman–Crippen LogP) is 2.31. The van der Waals surface area contributed by atoms with E-state index in [0.717, 1.165) is 24.4 Å². The lowest BCUT2D eigenvalue weighted by molar-refractivity contribution is 0.0365. The zero-order valence-corrected chi connectivity index (χ0v) is 13.5. The number of likely N-dealkylation sites (N-methyl/N-ethyl adjacent to an activating group) is 2. The number of nitrogens with two attached hydrogens (primary N) is 1. The van der Waals surface area contributed by atoms with Gasteiger partial charge in [-0.25, -0.2) is 0 Å². The van der Waals surface area contributed by atoms with Crippen molar-refractivity contribution in [1.29, 1.82) is 0 Å². The Hall–Kier alpha value is -0.120. The highest BCUT2D eigenvalue weighted by atomic mass is 15.2. The third-order valence-electron chi connectivity index (χ3n) is 6.49. The zero-order valence-electron chi connectivity index (χ0n) is 13.5. The van der Waals surface area contributed by atoms with Gasteiger partial charge in [0.15, 0.2) is 0 Å². The standard InChI is InChI=1S/C17H33N3/c1-19-10-4-6-16(19)12-20(2)17(13-18)9-3-5-15(11-17)14-7-8-14/h14-16H,3-13,18H2,1-2H3. The highest BCUT2D eigenvalue weighted by Crippen LogP contribution is 2.47. The van der Waals surface area contributed by atoms with Gasteiger partial charge in [0.1, 0.15) is 0 Å². The first-order chi connectivity index (χ1) is 9.64. The van der Waals surface area contributed by atoms with Gasteiger partial charge in [0.2, 0.25) is 0 Å². The van der Waals surface area contributed by atoms with Crippen molar-refractivity contribution in [1.82, 2.24) is 9.80 Å². The van der Waals surface area contributed by atoms with E-state index < -0.39 is 0 Å². The molecule has 3 rings (SSSR count). The van der Waals surface area contributed by atoms with E-state index in [2.05, 4.69) is 23.9 Å². The van der Waals surface area contributed by atoms with Crippen molar-refractivity contribution >= 4 is 0 Å². The second-order valence-corrected chi connectivity index (χ2v) is 7.78. The molecule has 1 heterocycles. The molecule has 0 radical (unpaired) electrons. The summed E-state index contributed by atoms with van der Waals surface area (Å²) in [6, 6.07) is 0.754. The molecule has 1 aliphatic heterocycles. The van der Waals surface area contributed by atoms with E-state index in [1.165, 1.54) is 64.5 Å². The lowest BCUT2D eigenvalue weighted by Crippen LogP contribution is -2.57. The van der Waals surface area contributed by atoms with Crippen LogP contribution in [0, 0.1) is 11.8 Å². The Kier molecular flexibility index (Phi) is 4.40. The van der Waals surface area contributed by atoms with Gasteiger partial charge in [0, 0.05) is 24.7 Å². The van der Waals surface area contributed by atoms with E-state index in [1.54, 1.807) is 0 Å². The van der Waals surface area contributed by atoms with Crippen LogP contribution in [0.25, 0.3) is 0 Å². The Morgan fingerprint density at radius 3 is 2.55 bits per heavy atom. The molecule has 3 fully saturated rings. The number of hydrogen-bond acceptors (Lipinski definition) is 3. The van der Waals surface area contributed by atoms with Crippen molar-refractivity contribution in [3.05, 3.63) is 0 Å². The molecule has 0 aromatic heterocycles. The first kappa shape index (κ1) is 14.8. The summed E-state index contributed by atoms with van der Waals surface area (Å²) in [5.74, 6) is 2.01. The van der Waals surface area contributed by atoms with Crippen LogP contribution < -0.4 is 5.73 Å². The van der Waals surface area contributed by atoms with Crippen LogP contribution in [0.3, 0.4) is 0 Å². The van der Waals surface area contributed by atoms with E-state index in [-0.39, 0.29) is 0 Å². The fraction of sp³-hybridized carbons (Fsp3) is 1.00. The summed E-state index contributed by atoms with van der Waals surface area (Å²) in [4.78, 5) is 5.19. The molecule has 20 heavy (non-hydrogen) atoms. The van der Waals surface area contributed by atoms with Gasteiger partial charge >= 0.3 is 0 Å². The maximum Gasteiger partial charge on any atom is 0.0332 e. The largest absolute Gasteiger partial charge is 0.329 e. The van der Waals surface area contributed by atoms with Crippen LogP contribution in [0.5, 0.6) is 0 Å². The van der Waals surface area contributed by atoms with Crippen LogP contribution in [0.4, 0.5) is 0 Å². The first-order valence-electron chi connectivity index (χ1n) is 8.76. The van der Waals surface area contributed by atoms with Crippen LogP contribution in [0.15, 0.2) is 0 Å². The van der Waals surface area contributed by atoms with E-state index >= 15 is 0 Å². The summed E-state index contributed by atoms with van der Waals surface area (Å²) in [6.07, 6.45) is 11.2. The van der Waals surface area contributed by atoms with Crippen LogP contribution in [0.1, 0.15) is 51.4 Å². The molecule has 0 aromatic rings. The minimum atomic E-state index is 0.301. The summed E-state index contributed by atoms with van der Waals surface area (Å²) in [5.41, 5.74) is 6.58. The van der Waals surface area contributed by atoms with Gasteiger partial charge in [-0.15, -0.1) is 0 Å². The maximum atomic E-state index is 6.28. The Morgan fingerprint density at radius 1 is 1.15 bits per heavy atom. The smallest absolute Gasteiger partial charge is 0.0332 e. The molecule has 0 spiro atoms. The second kappa shape index (κ2) is 5.94. The summed E-state index contributed by atoms with van der Waals surface area (Å²) >= 11 is 0. The number of rotatable bonds is 5. The highest BCUT2D eigenvalue weighted by Gasteiger charge is 2.44. The van der Waals surface area contributed by atoms with Gasteiger partial charge in [-0.3, -0.25) is 4.90 Å². The van der Waals surface area contributed by atoms with E-state index in [1.807, 2.05) is 0 Å². The molecule has 0 bridgehead atoms. The Labute approximate surface area is 124 Å².